The molecule has 2 aromatic heterocycles. The lowest BCUT2D eigenvalue weighted by molar-refractivity contribution is -0.129. The van der Waals surface area contributed by atoms with E-state index in [0.29, 0.717) is 12.1 Å². The predicted molar refractivity (Wildman–Crippen MR) is 98.8 cm³/mol. The molecule has 1 unspecified atom stereocenters. The number of thiophene rings is 1. The van der Waals surface area contributed by atoms with Gasteiger partial charge in [-0.2, -0.15) is 0 Å². The third kappa shape index (κ3) is 3.74. The van der Waals surface area contributed by atoms with Gasteiger partial charge >= 0.3 is 5.97 Å². The minimum Gasteiger partial charge on any atom is -0.449 e. The summed E-state index contributed by atoms with van der Waals surface area (Å²) in [6.07, 6.45) is -0.850. The van der Waals surface area contributed by atoms with Crippen LogP contribution >= 0.6 is 11.3 Å². The fourth-order valence-electron chi connectivity index (χ4n) is 2.60. The van der Waals surface area contributed by atoms with Crippen LogP contribution in [0.5, 0.6) is 0 Å². The first-order valence-corrected chi connectivity index (χ1v) is 8.93. The Morgan fingerprint density at radius 3 is 2.80 bits per heavy atom. The molecule has 1 atom stereocenters. The van der Waals surface area contributed by atoms with Crippen LogP contribution in [0.25, 0.3) is 10.9 Å². The van der Waals surface area contributed by atoms with Crippen molar-refractivity contribution in [3.8, 4) is 0 Å². The summed E-state index contributed by atoms with van der Waals surface area (Å²) in [6, 6.07) is 9.23. The number of amides is 1. The zero-order chi connectivity index (χ0) is 18.0. The smallest absolute Gasteiger partial charge is 0.338 e. The summed E-state index contributed by atoms with van der Waals surface area (Å²) >= 11 is 1.57. The average molecular weight is 356 g/mol. The number of aromatic nitrogens is 1. The molecule has 130 valence electrons. The van der Waals surface area contributed by atoms with Crippen LogP contribution in [0.1, 0.15) is 33.4 Å². The normalized spacial score (nSPS) is 12.1. The van der Waals surface area contributed by atoms with Gasteiger partial charge in [0.15, 0.2) is 6.10 Å². The Hall–Kier alpha value is -2.60. The van der Waals surface area contributed by atoms with E-state index in [9.17, 15) is 9.59 Å². The molecule has 0 bridgehead atoms. The largest absolute Gasteiger partial charge is 0.449 e. The zero-order valence-corrected chi connectivity index (χ0v) is 15.2. The first-order valence-electron chi connectivity index (χ1n) is 8.05. The summed E-state index contributed by atoms with van der Waals surface area (Å²) in [6.45, 7) is 6.01. The van der Waals surface area contributed by atoms with Crippen molar-refractivity contribution in [1.29, 1.82) is 0 Å². The number of carbonyl (C=O) groups excluding carboxylic acids is 2. The summed E-state index contributed by atoms with van der Waals surface area (Å²) < 4.78 is 5.31. The second-order valence-corrected chi connectivity index (χ2v) is 7.01. The van der Waals surface area contributed by atoms with Crippen LogP contribution in [0.2, 0.25) is 0 Å². The summed E-state index contributed by atoms with van der Waals surface area (Å²) in [5.74, 6) is -0.810. The van der Waals surface area contributed by atoms with Gasteiger partial charge in [0.1, 0.15) is 0 Å². The maximum absolute atomic E-state index is 12.3. The van der Waals surface area contributed by atoms with E-state index in [1.54, 1.807) is 30.4 Å². The van der Waals surface area contributed by atoms with Crippen molar-refractivity contribution in [2.45, 2.75) is 33.4 Å². The molecule has 0 spiro atoms. The minimum absolute atomic E-state index is 0.309. The van der Waals surface area contributed by atoms with Crippen molar-refractivity contribution in [1.82, 2.24) is 10.3 Å². The molecule has 0 radical (unpaired) electrons. The second kappa shape index (κ2) is 7.11. The highest BCUT2D eigenvalue weighted by Gasteiger charge is 2.19. The molecule has 6 heteroatoms. The Morgan fingerprint density at radius 1 is 1.28 bits per heavy atom. The van der Waals surface area contributed by atoms with Gasteiger partial charge in [-0.25, -0.2) is 4.79 Å². The van der Waals surface area contributed by atoms with E-state index in [4.69, 9.17) is 4.74 Å². The highest BCUT2D eigenvalue weighted by molar-refractivity contribution is 7.09. The van der Waals surface area contributed by atoms with Gasteiger partial charge in [0.05, 0.1) is 12.1 Å². The Balaban J connectivity index is 1.64. The Kier molecular flexibility index (Phi) is 4.90. The molecular weight excluding hydrogens is 336 g/mol. The molecular formula is C19H20N2O3S. The van der Waals surface area contributed by atoms with E-state index >= 15 is 0 Å². The van der Waals surface area contributed by atoms with Crippen LogP contribution in [-0.2, 0) is 16.1 Å². The molecule has 5 nitrogen and oxygen atoms in total. The number of hydrogen-bond donors (Lipinski definition) is 2. The molecule has 0 aliphatic heterocycles. The van der Waals surface area contributed by atoms with E-state index in [1.807, 2.05) is 37.4 Å². The van der Waals surface area contributed by atoms with Gasteiger partial charge in [0.25, 0.3) is 5.91 Å². The molecule has 0 saturated carbocycles. The Morgan fingerprint density at radius 2 is 2.08 bits per heavy atom. The molecule has 0 aliphatic carbocycles. The maximum Gasteiger partial charge on any atom is 0.338 e. The van der Waals surface area contributed by atoms with Crippen molar-refractivity contribution in [3.05, 3.63) is 57.4 Å². The average Bonchev–Trinajstić information content (AvgIpc) is 3.21. The van der Waals surface area contributed by atoms with Crippen LogP contribution in [-0.4, -0.2) is 23.0 Å². The monoisotopic (exact) mass is 356 g/mol. The first kappa shape index (κ1) is 17.2. The van der Waals surface area contributed by atoms with Crippen molar-refractivity contribution in [3.63, 3.8) is 0 Å². The Labute approximate surface area is 150 Å². The van der Waals surface area contributed by atoms with Crippen LogP contribution in [0, 0.1) is 13.8 Å². The lowest BCUT2D eigenvalue weighted by atomic mass is 10.1. The molecule has 3 aromatic rings. The highest BCUT2D eigenvalue weighted by atomic mass is 32.1. The minimum atomic E-state index is -0.850. The number of fused-ring (bicyclic) bond motifs is 1. The fourth-order valence-corrected chi connectivity index (χ4v) is 3.25. The van der Waals surface area contributed by atoms with E-state index in [0.717, 1.165) is 27.0 Å². The number of aryl methyl sites for hydroxylation is 2. The van der Waals surface area contributed by atoms with E-state index in [-0.39, 0.29) is 5.91 Å². The van der Waals surface area contributed by atoms with Crippen LogP contribution in [0.15, 0.2) is 35.7 Å². The quantitative estimate of drug-likeness (QED) is 0.685. The third-order valence-corrected chi connectivity index (χ3v) is 5.09. The summed E-state index contributed by atoms with van der Waals surface area (Å²) in [5.41, 5.74) is 3.59. The maximum atomic E-state index is 12.3. The van der Waals surface area contributed by atoms with Gasteiger partial charge in [-0.15, -0.1) is 11.3 Å². The molecule has 25 heavy (non-hydrogen) atoms. The number of esters is 1. The molecule has 2 N–H and O–H groups in total. The predicted octanol–water partition coefficient (Wildman–Crippen LogP) is 3.71. The number of benzene rings is 1. The van der Waals surface area contributed by atoms with Crippen LogP contribution in [0.4, 0.5) is 0 Å². The van der Waals surface area contributed by atoms with Gasteiger partial charge in [0, 0.05) is 21.5 Å². The van der Waals surface area contributed by atoms with Gasteiger partial charge < -0.3 is 15.0 Å². The van der Waals surface area contributed by atoms with Crippen molar-refractivity contribution < 1.29 is 14.3 Å². The summed E-state index contributed by atoms with van der Waals surface area (Å²) in [5, 5.41) is 5.71. The Bertz CT molecular complexity index is 912. The lowest BCUT2D eigenvalue weighted by Gasteiger charge is -2.13. The van der Waals surface area contributed by atoms with Gasteiger partial charge in [0.2, 0.25) is 0 Å². The van der Waals surface area contributed by atoms with E-state index in [1.165, 1.54) is 0 Å². The first-order chi connectivity index (χ1) is 12.0. The molecule has 0 aliphatic rings. The number of aromatic amines is 1. The van der Waals surface area contributed by atoms with Gasteiger partial charge in [-0.3, -0.25) is 4.79 Å². The van der Waals surface area contributed by atoms with E-state index in [2.05, 4.69) is 10.3 Å². The number of nitrogens with one attached hydrogen (secondary N) is 2. The van der Waals surface area contributed by atoms with Crippen molar-refractivity contribution >= 4 is 34.1 Å². The fraction of sp³-hybridized carbons (Fsp3) is 0.263. The summed E-state index contributed by atoms with van der Waals surface area (Å²) in [4.78, 5) is 28.7. The number of rotatable bonds is 5. The molecule has 1 aromatic carbocycles. The van der Waals surface area contributed by atoms with Crippen molar-refractivity contribution in [2.24, 2.45) is 0 Å². The second-order valence-electron chi connectivity index (χ2n) is 5.98. The number of ether oxygens (including phenoxy) is 1. The standard InChI is InChI=1S/C19H20N2O3S/c1-11-12(2)21-17-7-6-14(9-16(11)17)19(23)24-13(3)18(22)20-10-15-5-4-8-25-15/h4-9,13,21H,10H2,1-3H3,(H,20,22). The van der Waals surface area contributed by atoms with E-state index < -0.39 is 12.1 Å². The highest BCUT2D eigenvalue weighted by Crippen LogP contribution is 2.23. The molecule has 0 fully saturated rings. The van der Waals surface area contributed by atoms with Crippen LogP contribution < -0.4 is 5.32 Å². The molecule has 0 saturated heterocycles. The van der Waals surface area contributed by atoms with Gasteiger partial charge in [-0.1, -0.05) is 6.07 Å². The molecule has 1 amide bonds. The topological polar surface area (TPSA) is 71.2 Å². The lowest BCUT2D eigenvalue weighted by Crippen LogP contribution is -2.35. The SMILES string of the molecule is Cc1[nH]c2ccc(C(=O)OC(C)C(=O)NCc3cccs3)cc2c1C. The zero-order valence-electron chi connectivity index (χ0n) is 14.4. The van der Waals surface area contributed by atoms with Crippen LogP contribution in [0.3, 0.4) is 0 Å². The number of hydrogen-bond acceptors (Lipinski definition) is 4. The molecule has 2 heterocycles. The van der Waals surface area contributed by atoms with Crippen molar-refractivity contribution in [2.75, 3.05) is 0 Å². The van der Waals surface area contributed by atoms with Gasteiger partial charge in [-0.05, 0) is 56.0 Å². The molecule has 3 rings (SSSR count). The third-order valence-electron chi connectivity index (χ3n) is 4.21. The summed E-state index contributed by atoms with van der Waals surface area (Å²) in [7, 11) is 0. The number of H-pyrrole nitrogens is 1. The number of carbonyl (C=O) groups is 2.